The number of piperazine rings is 1. The Morgan fingerprint density at radius 1 is 1.17 bits per heavy atom. The standard InChI is InChI=1S/C17H20ClN3O3/c1-19-6-7-20(10-16(19)23)17(24)11-21-9-13(8-15(21)22)12-2-4-14(18)5-3-12/h2-5,13H,6-11H2,1H3. The van der Waals surface area contributed by atoms with Crippen molar-refractivity contribution in [2.24, 2.45) is 0 Å². The number of likely N-dealkylation sites (N-methyl/N-ethyl adjacent to an activating group) is 1. The van der Waals surface area contributed by atoms with Crippen LogP contribution in [-0.4, -0.2) is 72.2 Å². The lowest BCUT2D eigenvalue weighted by Crippen LogP contribution is -2.53. The summed E-state index contributed by atoms with van der Waals surface area (Å²) in [5, 5.41) is 0.662. The molecule has 2 aliphatic rings. The quantitative estimate of drug-likeness (QED) is 0.816. The van der Waals surface area contributed by atoms with Gasteiger partial charge in [-0.15, -0.1) is 0 Å². The first-order valence-corrected chi connectivity index (χ1v) is 8.37. The van der Waals surface area contributed by atoms with Crippen LogP contribution in [0.15, 0.2) is 24.3 Å². The van der Waals surface area contributed by atoms with Crippen LogP contribution in [0.25, 0.3) is 0 Å². The molecule has 0 aliphatic carbocycles. The summed E-state index contributed by atoms with van der Waals surface area (Å²) >= 11 is 5.89. The molecule has 24 heavy (non-hydrogen) atoms. The normalized spacial score (nSPS) is 21.6. The summed E-state index contributed by atoms with van der Waals surface area (Å²) in [6.45, 7) is 1.71. The summed E-state index contributed by atoms with van der Waals surface area (Å²) in [6, 6.07) is 7.46. The number of hydrogen-bond acceptors (Lipinski definition) is 3. The third kappa shape index (κ3) is 3.53. The first kappa shape index (κ1) is 16.8. The van der Waals surface area contributed by atoms with Crippen LogP contribution in [0, 0.1) is 0 Å². The van der Waals surface area contributed by atoms with Gasteiger partial charge in [-0.3, -0.25) is 14.4 Å². The van der Waals surface area contributed by atoms with Gasteiger partial charge in [0.05, 0.1) is 13.1 Å². The molecule has 3 amide bonds. The minimum atomic E-state index is -0.165. The number of likely N-dealkylation sites (tertiary alicyclic amines) is 1. The Morgan fingerprint density at radius 2 is 1.88 bits per heavy atom. The second kappa shape index (κ2) is 6.81. The van der Waals surface area contributed by atoms with E-state index in [1.807, 2.05) is 24.3 Å². The van der Waals surface area contributed by atoms with Gasteiger partial charge in [-0.1, -0.05) is 23.7 Å². The Balaban J connectivity index is 1.59. The Kier molecular flexibility index (Phi) is 4.76. The monoisotopic (exact) mass is 349 g/mol. The zero-order chi connectivity index (χ0) is 17.3. The van der Waals surface area contributed by atoms with E-state index in [-0.39, 0.29) is 36.7 Å². The molecule has 2 saturated heterocycles. The van der Waals surface area contributed by atoms with Gasteiger partial charge in [-0.05, 0) is 17.7 Å². The Hall–Kier alpha value is -2.08. The highest BCUT2D eigenvalue weighted by molar-refractivity contribution is 6.30. The van der Waals surface area contributed by atoms with Crippen molar-refractivity contribution < 1.29 is 14.4 Å². The molecule has 3 rings (SSSR count). The number of nitrogens with zero attached hydrogens (tertiary/aromatic N) is 3. The maximum Gasteiger partial charge on any atom is 0.242 e. The molecule has 1 aromatic rings. The molecule has 0 N–H and O–H groups in total. The van der Waals surface area contributed by atoms with Crippen molar-refractivity contribution in [3.05, 3.63) is 34.9 Å². The van der Waals surface area contributed by atoms with E-state index < -0.39 is 0 Å². The van der Waals surface area contributed by atoms with Crippen LogP contribution in [0.1, 0.15) is 17.9 Å². The zero-order valence-corrected chi connectivity index (χ0v) is 14.3. The first-order valence-electron chi connectivity index (χ1n) is 7.99. The minimum absolute atomic E-state index is 0.0243. The third-order valence-corrected chi connectivity index (χ3v) is 4.94. The van der Waals surface area contributed by atoms with E-state index >= 15 is 0 Å². The van der Waals surface area contributed by atoms with E-state index in [1.165, 1.54) is 4.90 Å². The Bertz CT molecular complexity index is 662. The molecule has 128 valence electrons. The number of halogens is 1. The molecule has 0 saturated carbocycles. The molecule has 2 aliphatic heterocycles. The van der Waals surface area contributed by atoms with Crippen LogP contribution in [-0.2, 0) is 14.4 Å². The van der Waals surface area contributed by atoms with Crippen molar-refractivity contribution in [2.45, 2.75) is 12.3 Å². The number of rotatable bonds is 3. The topological polar surface area (TPSA) is 60.9 Å². The van der Waals surface area contributed by atoms with Gasteiger partial charge in [0.2, 0.25) is 17.7 Å². The SMILES string of the molecule is CN1CCN(C(=O)CN2CC(c3ccc(Cl)cc3)CC2=O)CC1=O. The Morgan fingerprint density at radius 3 is 2.54 bits per heavy atom. The Labute approximate surface area is 146 Å². The number of amides is 3. The van der Waals surface area contributed by atoms with Crippen LogP contribution in [0.2, 0.25) is 5.02 Å². The van der Waals surface area contributed by atoms with Crippen molar-refractivity contribution in [3.8, 4) is 0 Å². The molecule has 0 radical (unpaired) electrons. The smallest absolute Gasteiger partial charge is 0.242 e. The number of benzene rings is 1. The van der Waals surface area contributed by atoms with Crippen LogP contribution in [0.5, 0.6) is 0 Å². The summed E-state index contributed by atoms with van der Waals surface area (Å²) in [4.78, 5) is 41.0. The highest BCUT2D eigenvalue weighted by Crippen LogP contribution is 2.28. The molecule has 2 heterocycles. The molecule has 7 heteroatoms. The highest BCUT2D eigenvalue weighted by atomic mass is 35.5. The number of hydrogen-bond donors (Lipinski definition) is 0. The largest absolute Gasteiger partial charge is 0.342 e. The molecule has 2 fully saturated rings. The lowest BCUT2D eigenvalue weighted by Gasteiger charge is -2.33. The minimum Gasteiger partial charge on any atom is -0.342 e. The molecular weight excluding hydrogens is 330 g/mol. The molecule has 1 atom stereocenters. The molecule has 1 unspecified atom stereocenters. The molecule has 0 spiro atoms. The lowest BCUT2D eigenvalue weighted by molar-refractivity contribution is -0.146. The van der Waals surface area contributed by atoms with Gasteiger partial charge in [0.25, 0.3) is 0 Å². The summed E-state index contributed by atoms with van der Waals surface area (Å²) < 4.78 is 0. The summed E-state index contributed by atoms with van der Waals surface area (Å²) in [5.74, 6) is -0.177. The van der Waals surface area contributed by atoms with Gasteiger partial charge in [0.1, 0.15) is 0 Å². The van der Waals surface area contributed by atoms with E-state index in [2.05, 4.69) is 0 Å². The van der Waals surface area contributed by atoms with Gasteiger partial charge in [0, 0.05) is 44.0 Å². The average molecular weight is 350 g/mol. The fourth-order valence-electron chi connectivity index (χ4n) is 3.12. The number of carbonyl (C=O) groups excluding carboxylic acids is 3. The highest BCUT2D eigenvalue weighted by Gasteiger charge is 2.33. The summed E-state index contributed by atoms with van der Waals surface area (Å²) in [7, 11) is 1.73. The maximum atomic E-state index is 12.4. The van der Waals surface area contributed by atoms with Crippen molar-refractivity contribution in [1.29, 1.82) is 0 Å². The molecular formula is C17H20ClN3O3. The second-order valence-corrected chi connectivity index (χ2v) is 6.79. The van der Waals surface area contributed by atoms with Gasteiger partial charge in [-0.25, -0.2) is 0 Å². The van der Waals surface area contributed by atoms with Gasteiger partial charge < -0.3 is 14.7 Å². The van der Waals surface area contributed by atoms with Crippen molar-refractivity contribution in [1.82, 2.24) is 14.7 Å². The van der Waals surface area contributed by atoms with Crippen LogP contribution >= 0.6 is 11.6 Å². The molecule has 0 aromatic heterocycles. The third-order valence-electron chi connectivity index (χ3n) is 4.69. The van der Waals surface area contributed by atoms with Crippen molar-refractivity contribution >= 4 is 29.3 Å². The second-order valence-electron chi connectivity index (χ2n) is 6.36. The average Bonchev–Trinajstić information content (AvgIpc) is 2.91. The predicted octanol–water partition coefficient (Wildman–Crippen LogP) is 0.956. The van der Waals surface area contributed by atoms with Crippen molar-refractivity contribution in [2.75, 3.05) is 39.8 Å². The van der Waals surface area contributed by atoms with Gasteiger partial charge in [-0.2, -0.15) is 0 Å². The van der Waals surface area contributed by atoms with E-state index in [0.717, 1.165) is 5.56 Å². The summed E-state index contributed by atoms with van der Waals surface area (Å²) in [5.41, 5.74) is 1.05. The van der Waals surface area contributed by atoms with E-state index in [1.54, 1.807) is 16.8 Å². The predicted molar refractivity (Wildman–Crippen MR) is 89.6 cm³/mol. The first-order chi connectivity index (χ1) is 11.4. The number of carbonyl (C=O) groups is 3. The fourth-order valence-corrected chi connectivity index (χ4v) is 3.24. The summed E-state index contributed by atoms with van der Waals surface area (Å²) in [6.07, 6.45) is 0.399. The molecule has 6 nitrogen and oxygen atoms in total. The van der Waals surface area contributed by atoms with Gasteiger partial charge in [0.15, 0.2) is 0 Å². The van der Waals surface area contributed by atoms with Crippen molar-refractivity contribution in [3.63, 3.8) is 0 Å². The van der Waals surface area contributed by atoms with Crippen LogP contribution < -0.4 is 0 Å². The zero-order valence-electron chi connectivity index (χ0n) is 13.6. The maximum absolute atomic E-state index is 12.4. The van der Waals surface area contributed by atoms with E-state index in [4.69, 9.17) is 11.6 Å². The molecule has 1 aromatic carbocycles. The van der Waals surface area contributed by atoms with Crippen LogP contribution in [0.3, 0.4) is 0 Å². The fraction of sp³-hybridized carbons (Fsp3) is 0.471. The van der Waals surface area contributed by atoms with Crippen LogP contribution in [0.4, 0.5) is 0 Å². The van der Waals surface area contributed by atoms with E-state index in [9.17, 15) is 14.4 Å². The molecule has 0 bridgehead atoms. The van der Waals surface area contributed by atoms with E-state index in [0.29, 0.717) is 31.1 Å². The lowest BCUT2D eigenvalue weighted by atomic mass is 9.98. The van der Waals surface area contributed by atoms with Gasteiger partial charge >= 0.3 is 0 Å².